The summed E-state index contributed by atoms with van der Waals surface area (Å²) in [5.41, 5.74) is 7.34. The number of carbonyl (C=O) groups is 1. The van der Waals surface area contributed by atoms with Gasteiger partial charge in [-0.3, -0.25) is 4.57 Å². The summed E-state index contributed by atoms with van der Waals surface area (Å²) >= 11 is 3.41. The number of aliphatic carboxylic acids is 1. The van der Waals surface area contributed by atoms with Crippen molar-refractivity contribution in [2.75, 3.05) is 0 Å². The van der Waals surface area contributed by atoms with Gasteiger partial charge in [-0.25, -0.2) is 9.78 Å². The molecule has 6 rings (SSSR count). The predicted molar refractivity (Wildman–Crippen MR) is 177 cm³/mol. The third kappa shape index (κ3) is 5.35. The van der Waals surface area contributed by atoms with Gasteiger partial charge in [-0.05, 0) is 91.6 Å². The molecule has 0 fully saturated rings. The highest BCUT2D eigenvalue weighted by Crippen LogP contribution is 2.40. The number of hydrogen-bond donors (Lipinski definition) is 1. The van der Waals surface area contributed by atoms with E-state index in [1.54, 1.807) is 29.6 Å². The van der Waals surface area contributed by atoms with Crippen LogP contribution in [0.25, 0.3) is 53.9 Å². The van der Waals surface area contributed by atoms with E-state index in [-0.39, 0.29) is 5.57 Å². The van der Waals surface area contributed by atoms with E-state index in [1.165, 1.54) is 9.75 Å². The number of rotatable bonds is 7. The first-order chi connectivity index (χ1) is 20.9. The molecule has 0 spiro atoms. The summed E-state index contributed by atoms with van der Waals surface area (Å²) in [4.78, 5) is 21.0. The Morgan fingerprint density at radius 3 is 2.09 bits per heavy atom. The molecule has 0 aliphatic carbocycles. The van der Waals surface area contributed by atoms with Crippen LogP contribution in [0.4, 0.5) is 0 Å². The maximum absolute atomic E-state index is 11.4. The van der Waals surface area contributed by atoms with E-state index >= 15 is 0 Å². The summed E-state index contributed by atoms with van der Waals surface area (Å²) in [6, 6.07) is 37.4. The van der Waals surface area contributed by atoms with Crippen molar-refractivity contribution in [3.8, 4) is 43.3 Å². The number of carboxylic acid groups (broad SMARTS) is 1. The second kappa shape index (κ2) is 11.7. The molecule has 0 atom stereocenters. The van der Waals surface area contributed by atoms with Gasteiger partial charge in [-0.15, -0.1) is 22.7 Å². The van der Waals surface area contributed by atoms with Crippen LogP contribution in [0.3, 0.4) is 0 Å². The minimum atomic E-state index is -1.20. The Bertz CT molecular complexity index is 2090. The van der Waals surface area contributed by atoms with Crippen molar-refractivity contribution in [1.82, 2.24) is 9.55 Å². The molecule has 0 bridgehead atoms. The van der Waals surface area contributed by atoms with Crippen LogP contribution in [-0.4, -0.2) is 20.6 Å². The zero-order valence-electron chi connectivity index (χ0n) is 23.8. The molecule has 0 saturated heterocycles. The lowest BCUT2D eigenvalue weighted by Gasteiger charge is -2.10. The first kappa shape index (κ1) is 28.1. The highest BCUT2D eigenvalue weighted by molar-refractivity contribution is 7.24. The van der Waals surface area contributed by atoms with Crippen LogP contribution >= 0.6 is 22.7 Å². The predicted octanol–water partition coefficient (Wildman–Crippen LogP) is 9.87. The number of carboxylic acids is 1. The molecule has 0 unspecified atom stereocenters. The van der Waals surface area contributed by atoms with Gasteiger partial charge in [0.05, 0.1) is 11.0 Å². The second-order valence-corrected chi connectivity index (χ2v) is 12.3. The Hall–Kier alpha value is -5.03. The van der Waals surface area contributed by atoms with Crippen molar-refractivity contribution in [1.29, 1.82) is 5.26 Å². The molecule has 6 aromatic rings. The SMILES string of the molecule is CC(=C(\C#N)C(=O)O)/C(C)=C(\C)c1ccc(-c2ccc(-c3ccc(-c4nc5ccccc5n4-c4ccccc4)cc3)s2)s1. The van der Waals surface area contributed by atoms with Gasteiger partial charge in [0.15, 0.2) is 0 Å². The average molecular weight is 598 g/mol. The summed E-state index contributed by atoms with van der Waals surface area (Å²) in [6.07, 6.45) is 0. The first-order valence-corrected chi connectivity index (χ1v) is 15.3. The van der Waals surface area contributed by atoms with Crippen LogP contribution in [0.1, 0.15) is 25.6 Å². The molecule has 210 valence electrons. The summed E-state index contributed by atoms with van der Waals surface area (Å²) < 4.78 is 2.21. The van der Waals surface area contributed by atoms with E-state index in [9.17, 15) is 15.2 Å². The summed E-state index contributed by atoms with van der Waals surface area (Å²) in [5, 5.41) is 18.6. The van der Waals surface area contributed by atoms with Gasteiger partial charge in [-0.1, -0.05) is 54.6 Å². The third-order valence-electron chi connectivity index (χ3n) is 7.65. The second-order valence-electron chi connectivity index (χ2n) is 10.2. The van der Waals surface area contributed by atoms with E-state index in [0.717, 1.165) is 54.6 Å². The number of hydrogen-bond acceptors (Lipinski definition) is 5. The van der Waals surface area contributed by atoms with Crippen LogP contribution in [-0.2, 0) is 4.79 Å². The number of aromatic nitrogens is 2. The zero-order valence-corrected chi connectivity index (χ0v) is 25.5. The van der Waals surface area contributed by atoms with Crippen LogP contribution in [0.15, 0.2) is 120 Å². The first-order valence-electron chi connectivity index (χ1n) is 13.7. The van der Waals surface area contributed by atoms with Crippen molar-refractivity contribution in [2.24, 2.45) is 0 Å². The van der Waals surface area contributed by atoms with Gasteiger partial charge in [0, 0.05) is 30.8 Å². The van der Waals surface area contributed by atoms with E-state index in [0.29, 0.717) is 5.57 Å². The lowest BCUT2D eigenvalue weighted by Crippen LogP contribution is -2.02. The Kier molecular flexibility index (Phi) is 7.64. The summed E-state index contributed by atoms with van der Waals surface area (Å²) in [5.74, 6) is -0.293. The average Bonchev–Trinajstić information content (AvgIpc) is 3.79. The number of imidazole rings is 1. The molecular weight excluding hydrogens is 571 g/mol. The topological polar surface area (TPSA) is 78.9 Å². The molecule has 0 saturated carbocycles. The summed E-state index contributed by atoms with van der Waals surface area (Å²) in [7, 11) is 0. The largest absolute Gasteiger partial charge is 0.477 e. The molecule has 5 nitrogen and oxygen atoms in total. The fraction of sp³-hybridized carbons (Fsp3) is 0.0833. The number of fused-ring (bicyclic) bond motifs is 1. The molecule has 0 amide bonds. The van der Waals surface area contributed by atoms with Crippen LogP contribution in [0, 0.1) is 11.3 Å². The lowest BCUT2D eigenvalue weighted by atomic mass is 9.98. The van der Waals surface area contributed by atoms with Crippen LogP contribution in [0.2, 0.25) is 0 Å². The number of nitrogens with zero attached hydrogens (tertiary/aromatic N) is 3. The van der Waals surface area contributed by atoms with Gasteiger partial charge in [0.1, 0.15) is 17.5 Å². The Morgan fingerprint density at radius 2 is 1.37 bits per heavy atom. The number of benzene rings is 3. The van der Waals surface area contributed by atoms with E-state index in [4.69, 9.17) is 4.98 Å². The maximum Gasteiger partial charge on any atom is 0.346 e. The van der Waals surface area contributed by atoms with Gasteiger partial charge < -0.3 is 5.11 Å². The van der Waals surface area contributed by atoms with Gasteiger partial charge in [0.2, 0.25) is 0 Å². The Balaban J connectivity index is 1.29. The van der Waals surface area contributed by atoms with Crippen molar-refractivity contribution in [3.63, 3.8) is 0 Å². The third-order valence-corrected chi connectivity index (χ3v) is 10.2. The van der Waals surface area contributed by atoms with E-state index in [2.05, 4.69) is 71.3 Å². The Morgan fingerprint density at radius 1 is 0.744 bits per heavy atom. The molecule has 43 heavy (non-hydrogen) atoms. The fourth-order valence-corrected chi connectivity index (χ4v) is 7.25. The van der Waals surface area contributed by atoms with Crippen molar-refractivity contribution >= 4 is 45.2 Å². The molecule has 0 aliphatic rings. The number of para-hydroxylation sites is 3. The lowest BCUT2D eigenvalue weighted by molar-refractivity contribution is -0.132. The minimum absolute atomic E-state index is 0.222. The Labute approximate surface area is 258 Å². The van der Waals surface area contributed by atoms with Crippen LogP contribution < -0.4 is 0 Å². The van der Waals surface area contributed by atoms with E-state index < -0.39 is 5.97 Å². The van der Waals surface area contributed by atoms with Crippen molar-refractivity contribution in [3.05, 3.63) is 125 Å². The van der Waals surface area contributed by atoms with Crippen molar-refractivity contribution in [2.45, 2.75) is 20.8 Å². The molecule has 0 aliphatic heterocycles. The highest BCUT2D eigenvalue weighted by atomic mass is 32.1. The maximum atomic E-state index is 11.4. The van der Waals surface area contributed by atoms with Gasteiger partial charge >= 0.3 is 5.97 Å². The van der Waals surface area contributed by atoms with Gasteiger partial charge in [-0.2, -0.15) is 5.26 Å². The molecule has 0 radical (unpaired) electrons. The molecule has 1 N–H and O–H groups in total. The number of nitriles is 1. The number of thiophene rings is 2. The molecule has 7 heteroatoms. The van der Waals surface area contributed by atoms with Crippen molar-refractivity contribution < 1.29 is 9.90 Å². The minimum Gasteiger partial charge on any atom is -0.477 e. The van der Waals surface area contributed by atoms with Gasteiger partial charge in [0.25, 0.3) is 0 Å². The molecule has 3 heterocycles. The highest BCUT2D eigenvalue weighted by Gasteiger charge is 2.17. The normalized spacial score (nSPS) is 12.5. The van der Waals surface area contributed by atoms with Crippen LogP contribution in [0.5, 0.6) is 0 Å². The zero-order chi connectivity index (χ0) is 30.1. The molecule has 3 aromatic heterocycles. The smallest absolute Gasteiger partial charge is 0.346 e. The fourth-order valence-electron chi connectivity index (χ4n) is 5.08. The quantitative estimate of drug-likeness (QED) is 0.113. The monoisotopic (exact) mass is 597 g/mol. The molecular formula is C36H27N3O2S2. The standard InChI is InChI=1S/C36H27N3O2S2/c1-22(23(2)28(21-37)36(40)41)24(3)31-17-19-33(42-31)34-20-18-32(43-34)25-13-15-26(16-14-25)35-38-29-11-7-8-12-30(29)39(35)27-9-5-4-6-10-27/h4-20H,1-3H3,(H,40,41)/b24-22+,28-23-. The summed E-state index contributed by atoms with van der Waals surface area (Å²) in [6.45, 7) is 5.53. The number of allylic oxidation sites excluding steroid dienone is 3. The molecule has 3 aromatic carbocycles. The van der Waals surface area contributed by atoms with E-state index in [1.807, 2.05) is 56.3 Å².